The van der Waals surface area contributed by atoms with Crippen molar-refractivity contribution in [1.29, 1.82) is 0 Å². The first kappa shape index (κ1) is 17.1. The Bertz CT molecular complexity index is 923. The van der Waals surface area contributed by atoms with E-state index >= 15 is 0 Å². The van der Waals surface area contributed by atoms with Crippen molar-refractivity contribution < 1.29 is 9.53 Å². The zero-order chi connectivity index (χ0) is 17.3. The Hall–Kier alpha value is -1.69. The first-order chi connectivity index (χ1) is 11.5. The number of carbonyl (C=O) groups excluding carboxylic acids is 1. The highest BCUT2D eigenvalue weighted by Crippen LogP contribution is 2.32. The molecule has 0 bridgehead atoms. The van der Waals surface area contributed by atoms with Crippen molar-refractivity contribution in [3.05, 3.63) is 62.4 Å². The molecule has 0 aliphatic carbocycles. The van der Waals surface area contributed by atoms with Gasteiger partial charge in [-0.15, -0.1) is 11.3 Å². The molecule has 3 aromatic rings. The van der Waals surface area contributed by atoms with Gasteiger partial charge in [0.1, 0.15) is 5.01 Å². The molecular formula is C18H13BrClNO2S. The van der Waals surface area contributed by atoms with Gasteiger partial charge in [0.15, 0.2) is 0 Å². The first-order valence-electron chi connectivity index (χ1n) is 7.10. The number of hydrogen-bond acceptors (Lipinski definition) is 4. The highest BCUT2D eigenvalue weighted by atomic mass is 79.9. The first-order valence-corrected chi connectivity index (χ1v) is 9.15. The average molecular weight is 423 g/mol. The number of rotatable bonds is 3. The molecule has 2 aromatic carbocycles. The summed E-state index contributed by atoms with van der Waals surface area (Å²) in [5.74, 6) is -0.383. The van der Waals surface area contributed by atoms with E-state index in [-0.39, 0.29) is 5.97 Å². The molecule has 0 unspecified atom stereocenters. The number of aryl methyl sites for hydroxylation is 1. The van der Waals surface area contributed by atoms with Crippen molar-refractivity contribution in [2.24, 2.45) is 0 Å². The van der Waals surface area contributed by atoms with Gasteiger partial charge in [-0.05, 0) is 46.6 Å². The van der Waals surface area contributed by atoms with Gasteiger partial charge < -0.3 is 4.74 Å². The second-order valence-electron chi connectivity index (χ2n) is 5.19. The van der Waals surface area contributed by atoms with Crippen LogP contribution >= 0.6 is 38.9 Å². The normalized spacial score (nSPS) is 10.7. The molecule has 6 heteroatoms. The Morgan fingerprint density at radius 3 is 2.67 bits per heavy atom. The minimum atomic E-state index is -0.383. The van der Waals surface area contributed by atoms with Gasteiger partial charge in [0, 0.05) is 26.0 Å². The van der Waals surface area contributed by atoms with Crippen LogP contribution in [0.3, 0.4) is 0 Å². The van der Waals surface area contributed by atoms with Gasteiger partial charge in [-0.1, -0.05) is 29.8 Å². The third-order valence-electron chi connectivity index (χ3n) is 3.59. The lowest BCUT2D eigenvalue weighted by atomic mass is 10.1. The molecule has 122 valence electrons. The van der Waals surface area contributed by atoms with Crippen LogP contribution < -0.4 is 0 Å². The van der Waals surface area contributed by atoms with E-state index < -0.39 is 0 Å². The third kappa shape index (κ3) is 3.38. The van der Waals surface area contributed by atoms with Crippen molar-refractivity contribution in [1.82, 2.24) is 4.98 Å². The minimum Gasteiger partial charge on any atom is -0.465 e. The third-order valence-corrected chi connectivity index (χ3v) is 5.58. The van der Waals surface area contributed by atoms with E-state index in [4.69, 9.17) is 16.3 Å². The molecule has 0 amide bonds. The number of nitrogens with zero attached hydrogens (tertiary/aromatic N) is 1. The summed E-state index contributed by atoms with van der Waals surface area (Å²) in [5.41, 5.74) is 4.21. The second kappa shape index (κ2) is 7.05. The topological polar surface area (TPSA) is 39.2 Å². The average Bonchev–Trinajstić information content (AvgIpc) is 3.07. The Morgan fingerprint density at radius 2 is 1.96 bits per heavy atom. The van der Waals surface area contributed by atoms with Gasteiger partial charge in [-0.3, -0.25) is 0 Å². The van der Waals surface area contributed by atoms with Crippen molar-refractivity contribution in [3.63, 3.8) is 0 Å². The van der Waals surface area contributed by atoms with Crippen molar-refractivity contribution in [2.75, 3.05) is 7.11 Å². The van der Waals surface area contributed by atoms with Gasteiger partial charge >= 0.3 is 5.97 Å². The van der Waals surface area contributed by atoms with E-state index in [0.29, 0.717) is 10.0 Å². The van der Waals surface area contributed by atoms with Gasteiger partial charge in [-0.2, -0.15) is 0 Å². The van der Waals surface area contributed by atoms with Crippen LogP contribution in [-0.4, -0.2) is 18.1 Å². The summed E-state index contributed by atoms with van der Waals surface area (Å²) in [6.45, 7) is 1.97. The molecule has 1 aromatic heterocycles. The van der Waals surface area contributed by atoms with Crippen molar-refractivity contribution in [2.45, 2.75) is 6.92 Å². The molecule has 0 atom stereocenters. The number of ether oxygens (including phenoxy) is 1. The molecule has 0 N–H and O–H groups in total. The van der Waals surface area contributed by atoms with E-state index in [9.17, 15) is 4.79 Å². The SMILES string of the molecule is COC(=O)c1cc(-c2nc(-c3ccc(C)c(Cl)c3)cs2)ccc1Br. The van der Waals surface area contributed by atoms with Crippen molar-refractivity contribution in [3.8, 4) is 21.8 Å². The zero-order valence-electron chi connectivity index (χ0n) is 13.0. The summed E-state index contributed by atoms with van der Waals surface area (Å²) in [5, 5.41) is 3.54. The molecule has 0 fully saturated rings. The van der Waals surface area contributed by atoms with Crippen LogP contribution in [0.25, 0.3) is 21.8 Å². The Morgan fingerprint density at radius 1 is 1.21 bits per heavy atom. The summed E-state index contributed by atoms with van der Waals surface area (Å²) in [6, 6.07) is 11.4. The van der Waals surface area contributed by atoms with Gasteiger partial charge in [0.2, 0.25) is 0 Å². The van der Waals surface area contributed by atoms with Crippen LogP contribution in [0.2, 0.25) is 5.02 Å². The molecule has 0 aliphatic rings. The molecule has 24 heavy (non-hydrogen) atoms. The molecule has 1 heterocycles. The number of methoxy groups -OCH3 is 1. The number of benzene rings is 2. The van der Waals surface area contributed by atoms with Crippen LogP contribution in [0, 0.1) is 6.92 Å². The quantitative estimate of drug-likeness (QED) is 0.487. The maximum absolute atomic E-state index is 11.8. The maximum atomic E-state index is 11.8. The fourth-order valence-corrected chi connectivity index (χ4v) is 3.63. The van der Waals surface area contributed by atoms with Crippen molar-refractivity contribution >= 4 is 44.8 Å². The number of hydrogen-bond donors (Lipinski definition) is 0. The second-order valence-corrected chi connectivity index (χ2v) is 7.31. The Labute approximate surface area is 157 Å². The number of aromatic nitrogens is 1. The highest BCUT2D eigenvalue weighted by Gasteiger charge is 2.14. The standard InChI is InChI=1S/C18H13BrClNO2S/c1-10-3-4-11(8-15(10)20)16-9-24-17(21-16)12-5-6-14(19)13(7-12)18(22)23-2/h3-9H,1-2H3. The molecular weight excluding hydrogens is 410 g/mol. The smallest absolute Gasteiger partial charge is 0.339 e. The van der Waals surface area contributed by atoms with Gasteiger partial charge in [0.05, 0.1) is 18.4 Å². The van der Waals surface area contributed by atoms with E-state index in [1.54, 1.807) is 6.07 Å². The lowest BCUT2D eigenvalue weighted by Crippen LogP contribution is -2.02. The number of esters is 1. The fraction of sp³-hybridized carbons (Fsp3) is 0.111. The summed E-state index contributed by atoms with van der Waals surface area (Å²) in [6.07, 6.45) is 0. The fourth-order valence-electron chi connectivity index (χ4n) is 2.22. The molecule has 3 nitrogen and oxygen atoms in total. The monoisotopic (exact) mass is 421 g/mol. The predicted molar refractivity (Wildman–Crippen MR) is 102 cm³/mol. The van der Waals surface area contributed by atoms with Crippen LogP contribution in [0.15, 0.2) is 46.3 Å². The number of halogens is 2. The maximum Gasteiger partial charge on any atom is 0.339 e. The molecule has 3 rings (SSSR count). The van der Waals surface area contributed by atoms with Crippen LogP contribution in [0.1, 0.15) is 15.9 Å². The summed E-state index contributed by atoms with van der Waals surface area (Å²) in [7, 11) is 1.37. The van der Waals surface area contributed by atoms with E-state index in [2.05, 4.69) is 20.9 Å². The molecule has 0 radical (unpaired) electrons. The van der Waals surface area contributed by atoms with E-state index in [1.807, 2.05) is 42.6 Å². The molecule has 0 saturated carbocycles. The van der Waals surface area contributed by atoms with E-state index in [1.165, 1.54) is 18.4 Å². The zero-order valence-corrected chi connectivity index (χ0v) is 16.1. The lowest BCUT2D eigenvalue weighted by Gasteiger charge is -2.04. The summed E-state index contributed by atoms with van der Waals surface area (Å²) in [4.78, 5) is 16.5. The minimum absolute atomic E-state index is 0.383. The van der Waals surface area contributed by atoms with Crippen LogP contribution in [-0.2, 0) is 4.74 Å². The summed E-state index contributed by atoms with van der Waals surface area (Å²) >= 11 is 11.1. The molecule has 0 spiro atoms. The number of thiazole rings is 1. The lowest BCUT2D eigenvalue weighted by molar-refractivity contribution is 0.0599. The number of carbonyl (C=O) groups is 1. The molecule has 0 aliphatic heterocycles. The largest absolute Gasteiger partial charge is 0.465 e. The van der Waals surface area contributed by atoms with Crippen LogP contribution in [0.4, 0.5) is 0 Å². The molecule has 0 saturated heterocycles. The Kier molecular flexibility index (Phi) is 5.04. The van der Waals surface area contributed by atoms with E-state index in [0.717, 1.165) is 32.4 Å². The van der Waals surface area contributed by atoms with Crippen LogP contribution in [0.5, 0.6) is 0 Å². The van der Waals surface area contributed by atoms with Gasteiger partial charge in [-0.25, -0.2) is 9.78 Å². The summed E-state index contributed by atoms with van der Waals surface area (Å²) < 4.78 is 5.50. The predicted octanol–water partition coefficient (Wildman–Crippen LogP) is 5.99. The van der Waals surface area contributed by atoms with Gasteiger partial charge in [0.25, 0.3) is 0 Å². The Balaban J connectivity index is 1.99. The highest BCUT2D eigenvalue weighted by molar-refractivity contribution is 9.10.